The molecule has 170 valence electrons. The van der Waals surface area contributed by atoms with E-state index < -0.39 is 11.8 Å². The largest absolute Gasteiger partial charge is 0.399 e. The second-order valence-corrected chi connectivity index (χ2v) is 8.40. The number of hydrogen-bond acceptors (Lipinski definition) is 4. The van der Waals surface area contributed by atoms with E-state index in [1.54, 1.807) is 35.0 Å². The Hall–Kier alpha value is -4.17. The number of amides is 2. The first kappa shape index (κ1) is 21.7. The fourth-order valence-corrected chi connectivity index (χ4v) is 4.40. The van der Waals surface area contributed by atoms with Gasteiger partial charge in [-0.15, -0.1) is 0 Å². The van der Waals surface area contributed by atoms with E-state index in [1.165, 1.54) is 18.2 Å². The maximum Gasteiger partial charge on any atom is 0.269 e. The Labute approximate surface area is 199 Å². The van der Waals surface area contributed by atoms with Gasteiger partial charge in [-0.05, 0) is 73.0 Å². The molecule has 0 aliphatic heterocycles. The van der Waals surface area contributed by atoms with E-state index in [-0.39, 0.29) is 22.1 Å². The van der Waals surface area contributed by atoms with Crippen LogP contribution in [0.15, 0.2) is 60.7 Å². The summed E-state index contributed by atoms with van der Waals surface area (Å²) in [4.78, 5) is 25.0. The van der Waals surface area contributed by atoms with Crippen molar-refractivity contribution in [1.29, 1.82) is 0 Å². The Morgan fingerprint density at radius 3 is 2.53 bits per heavy atom. The molecule has 0 saturated heterocycles. The van der Waals surface area contributed by atoms with Gasteiger partial charge in [-0.2, -0.15) is 5.10 Å². The van der Waals surface area contributed by atoms with Gasteiger partial charge < -0.3 is 16.8 Å². The van der Waals surface area contributed by atoms with Gasteiger partial charge in [0.2, 0.25) is 0 Å². The minimum Gasteiger partial charge on any atom is -0.399 e. The lowest BCUT2D eigenvalue weighted by Crippen LogP contribution is -2.16. The van der Waals surface area contributed by atoms with E-state index in [9.17, 15) is 14.0 Å². The van der Waals surface area contributed by atoms with Crippen LogP contribution in [0.4, 0.5) is 15.8 Å². The van der Waals surface area contributed by atoms with Crippen LogP contribution in [-0.2, 0) is 12.8 Å². The van der Waals surface area contributed by atoms with Crippen LogP contribution in [0, 0.1) is 5.82 Å². The molecular weight excluding hydrogens is 457 g/mol. The van der Waals surface area contributed by atoms with Crippen molar-refractivity contribution in [2.24, 2.45) is 5.73 Å². The van der Waals surface area contributed by atoms with Crippen LogP contribution in [0.1, 0.15) is 32.0 Å². The quantitative estimate of drug-likeness (QED) is 0.380. The molecule has 7 nitrogen and oxygen atoms in total. The Kier molecular flexibility index (Phi) is 5.30. The van der Waals surface area contributed by atoms with Crippen molar-refractivity contribution in [3.8, 4) is 16.9 Å². The summed E-state index contributed by atoms with van der Waals surface area (Å²) in [5.74, 6) is -1.43. The second kappa shape index (κ2) is 8.31. The zero-order valence-electron chi connectivity index (χ0n) is 17.8. The third-order valence-corrected chi connectivity index (χ3v) is 6.12. The molecule has 5 rings (SSSR count). The number of carbonyl (C=O) groups excluding carboxylic acids is 2. The SMILES string of the molecule is NC(=O)c1nn(-c2ccc(F)cc2)c2c1CCc1ccc(NC(=O)c3cc(N)ccc3Cl)cc1-2. The van der Waals surface area contributed by atoms with Crippen molar-refractivity contribution in [3.63, 3.8) is 0 Å². The zero-order valence-corrected chi connectivity index (χ0v) is 18.6. The number of benzene rings is 3. The molecule has 1 aliphatic rings. The Morgan fingerprint density at radius 2 is 1.79 bits per heavy atom. The van der Waals surface area contributed by atoms with Gasteiger partial charge in [0.1, 0.15) is 5.82 Å². The summed E-state index contributed by atoms with van der Waals surface area (Å²) < 4.78 is 15.1. The molecule has 3 aromatic carbocycles. The molecule has 1 aliphatic carbocycles. The number of fused-ring (bicyclic) bond motifs is 3. The highest BCUT2D eigenvalue weighted by molar-refractivity contribution is 6.34. The van der Waals surface area contributed by atoms with E-state index >= 15 is 0 Å². The number of nitrogens with zero attached hydrogens (tertiary/aromatic N) is 2. The molecule has 2 amide bonds. The molecule has 1 aromatic heterocycles. The lowest BCUT2D eigenvalue weighted by Gasteiger charge is -2.20. The minimum atomic E-state index is -0.638. The number of nitrogens with two attached hydrogens (primary N) is 2. The van der Waals surface area contributed by atoms with Crippen molar-refractivity contribution in [2.75, 3.05) is 11.1 Å². The number of halogens is 2. The number of nitrogen functional groups attached to an aromatic ring is 1. The third-order valence-electron chi connectivity index (χ3n) is 5.79. The molecular formula is C25H19ClFN5O2. The smallest absolute Gasteiger partial charge is 0.269 e. The van der Waals surface area contributed by atoms with E-state index in [0.717, 1.165) is 11.1 Å². The Morgan fingerprint density at radius 1 is 1.03 bits per heavy atom. The first-order valence-electron chi connectivity index (χ1n) is 10.5. The van der Waals surface area contributed by atoms with Crippen molar-refractivity contribution >= 4 is 34.8 Å². The summed E-state index contributed by atoms with van der Waals surface area (Å²) >= 11 is 6.17. The average Bonchev–Trinajstić information content (AvgIpc) is 3.21. The van der Waals surface area contributed by atoms with E-state index in [2.05, 4.69) is 10.4 Å². The van der Waals surface area contributed by atoms with Gasteiger partial charge >= 0.3 is 0 Å². The molecule has 34 heavy (non-hydrogen) atoms. The molecule has 0 unspecified atom stereocenters. The first-order chi connectivity index (χ1) is 16.3. The molecule has 1 heterocycles. The minimum absolute atomic E-state index is 0.172. The van der Waals surface area contributed by atoms with Crippen LogP contribution in [0.2, 0.25) is 5.02 Å². The highest BCUT2D eigenvalue weighted by Gasteiger charge is 2.28. The number of nitrogens with one attached hydrogen (secondary N) is 1. The molecule has 4 aromatic rings. The van der Waals surface area contributed by atoms with Crippen LogP contribution in [0.25, 0.3) is 16.9 Å². The van der Waals surface area contributed by atoms with Crippen molar-refractivity contribution in [1.82, 2.24) is 9.78 Å². The predicted octanol–water partition coefficient (Wildman–Crippen LogP) is 4.36. The number of rotatable bonds is 4. The number of aryl methyl sites for hydroxylation is 1. The average molecular weight is 476 g/mol. The maximum atomic E-state index is 13.5. The van der Waals surface area contributed by atoms with Crippen LogP contribution >= 0.6 is 11.6 Å². The summed E-state index contributed by atoms with van der Waals surface area (Å²) in [7, 11) is 0. The van der Waals surface area contributed by atoms with Crippen LogP contribution in [0.5, 0.6) is 0 Å². The summed E-state index contributed by atoms with van der Waals surface area (Å²) in [6.07, 6.45) is 1.25. The van der Waals surface area contributed by atoms with Gasteiger partial charge in [0, 0.05) is 22.5 Å². The zero-order chi connectivity index (χ0) is 24.0. The number of aromatic nitrogens is 2. The van der Waals surface area contributed by atoms with E-state index in [0.29, 0.717) is 41.2 Å². The fourth-order valence-electron chi connectivity index (χ4n) is 4.20. The highest BCUT2D eigenvalue weighted by atomic mass is 35.5. The van der Waals surface area contributed by atoms with Gasteiger partial charge in [0.05, 0.1) is 22.0 Å². The lowest BCUT2D eigenvalue weighted by atomic mass is 9.88. The molecule has 5 N–H and O–H groups in total. The molecule has 0 fully saturated rings. The van der Waals surface area contributed by atoms with Crippen molar-refractivity contribution in [3.05, 3.63) is 93.9 Å². The second-order valence-electron chi connectivity index (χ2n) is 7.99. The Bertz CT molecular complexity index is 1460. The predicted molar refractivity (Wildman–Crippen MR) is 129 cm³/mol. The summed E-state index contributed by atoms with van der Waals surface area (Å²) in [6.45, 7) is 0. The number of anilines is 2. The molecule has 0 bridgehead atoms. The van der Waals surface area contributed by atoms with E-state index in [1.807, 2.05) is 12.1 Å². The topological polar surface area (TPSA) is 116 Å². The van der Waals surface area contributed by atoms with E-state index in [4.69, 9.17) is 23.1 Å². The van der Waals surface area contributed by atoms with Gasteiger partial charge in [-0.25, -0.2) is 9.07 Å². The number of carbonyl (C=O) groups is 2. The third kappa shape index (κ3) is 3.78. The number of hydrogen-bond donors (Lipinski definition) is 3. The lowest BCUT2D eigenvalue weighted by molar-refractivity contribution is 0.0992. The van der Waals surface area contributed by atoms with Crippen molar-refractivity contribution < 1.29 is 14.0 Å². The number of primary amides is 1. The Balaban J connectivity index is 1.60. The highest BCUT2D eigenvalue weighted by Crippen LogP contribution is 2.38. The molecule has 0 radical (unpaired) electrons. The molecule has 0 saturated carbocycles. The monoisotopic (exact) mass is 475 g/mol. The summed E-state index contributed by atoms with van der Waals surface area (Å²) in [5.41, 5.74) is 16.6. The standard InChI is InChI=1S/C25H19ClFN5O2/c26-21-10-5-15(28)11-20(21)25(34)30-16-6-1-13-2-9-18-22(24(29)33)31-32(23(18)19(13)12-16)17-7-3-14(27)4-8-17/h1,3-8,10-12H,2,9,28H2,(H2,29,33)(H,30,34). The van der Waals surface area contributed by atoms with Crippen LogP contribution in [-0.4, -0.2) is 21.6 Å². The van der Waals surface area contributed by atoms with Gasteiger partial charge in [0.25, 0.3) is 11.8 Å². The molecule has 0 atom stereocenters. The van der Waals surface area contributed by atoms with Crippen molar-refractivity contribution in [2.45, 2.75) is 12.8 Å². The normalized spacial score (nSPS) is 12.1. The summed E-state index contributed by atoms with van der Waals surface area (Å²) in [5, 5.41) is 7.59. The van der Waals surface area contributed by atoms with Gasteiger partial charge in [-0.3, -0.25) is 9.59 Å². The molecule has 0 spiro atoms. The first-order valence-corrected chi connectivity index (χ1v) is 10.9. The summed E-state index contributed by atoms with van der Waals surface area (Å²) in [6, 6.07) is 16.0. The van der Waals surface area contributed by atoms with Gasteiger partial charge in [-0.1, -0.05) is 17.7 Å². The van der Waals surface area contributed by atoms with Crippen LogP contribution < -0.4 is 16.8 Å². The molecule has 9 heteroatoms. The fraction of sp³-hybridized carbons (Fsp3) is 0.0800. The maximum absolute atomic E-state index is 13.5. The van der Waals surface area contributed by atoms with Gasteiger partial charge in [0.15, 0.2) is 5.69 Å². The van der Waals surface area contributed by atoms with Crippen LogP contribution in [0.3, 0.4) is 0 Å².